The standard InChI is InChI=1S/C31H46O3/c1-27(2)11-7-12-28(3)21(27)8-13-29(4)22(28)9-14-30(5)23(29)10-15-31(6)24(30)16-18-19(32)17-20(33)26(34)25(18)31/h17,21-24,32-34H,7-16H2,1-6H3/t21-,22+,23-,24?,28-,29+,30-,31?/m0/s1. The molecule has 1 aromatic rings. The molecular weight excluding hydrogens is 420 g/mol. The van der Waals surface area contributed by atoms with Crippen LogP contribution in [-0.4, -0.2) is 15.3 Å². The first-order valence-electron chi connectivity index (χ1n) is 14.1. The van der Waals surface area contributed by atoms with Gasteiger partial charge in [0.25, 0.3) is 0 Å². The molecular formula is C31H46O3. The Hall–Kier alpha value is -1.38. The average molecular weight is 467 g/mol. The molecule has 2 unspecified atom stereocenters. The van der Waals surface area contributed by atoms with Crippen molar-refractivity contribution >= 4 is 0 Å². The zero-order valence-corrected chi connectivity index (χ0v) is 22.3. The van der Waals surface area contributed by atoms with Gasteiger partial charge in [-0.25, -0.2) is 0 Å². The summed E-state index contributed by atoms with van der Waals surface area (Å²) >= 11 is 0. The molecule has 0 aromatic heterocycles. The average Bonchev–Trinajstić information content (AvgIpc) is 3.06. The maximum absolute atomic E-state index is 10.9. The van der Waals surface area contributed by atoms with Crippen LogP contribution in [0.25, 0.3) is 0 Å². The molecule has 5 aliphatic rings. The summed E-state index contributed by atoms with van der Waals surface area (Å²) in [6.07, 6.45) is 12.5. The molecule has 188 valence electrons. The summed E-state index contributed by atoms with van der Waals surface area (Å²) in [4.78, 5) is 0. The van der Waals surface area contributed by atoms with E-state index in [4.69, 9.17) is 0 Å². The highest BCUT2D eigenvalue weighted by Crippen LogP contribution is 2.76. The Bertz CT molecular complexity index is 1040. The number of hydrogen-bond donors (Lipinski definition) is 3. The number of aromatic hydroxyl groups is 3. The van der Waals surface area contributed by atoms with E-state index in [9.17, 15) is 15.3 Å². The molecule has 1 aromatic carbocycles. The van der Waals surface area contributed by atoms with Crippen LogP contribution in [0.3, 0.4) is 0 Å². The fourth-order valence-corrected chi connectivity index (χ4v) is 12.0. The summed E-state index contributed by atoms with van der Waals surface area (Å²) in [6.45, 7) is 15.3. The van der Waals surface area contributed by atoms with E-state index in [1.165, 1.54) is 57.4 Å². The number of fused-ring (bicyclic) bond motifs is 9. The van der Waals surface area contributed by atoms with Crippen molar-refractivity contribution in [3.05, 3.63) is 17.2 Å². The van der Waals surface area contributed by atoms with Gasteiger partial charge in [-0.15, -0.1) is 0 Å². The number of benzene rings is 1. The topological polar surface area (TPSA) is 60.7 Å². The van der Waals surface area contributed by atoms with Gasteiger partial charge in [-0.3, -0.25) is 0 Å². The van der Waals surface area contributed by atoms with Crippen molar-refractivity contribution in [1.82, 2.24) is 0 Å². The summed E-state index contributed by atoms with van der Waals surface area (Å²) in [6, 6.07) is 1.35. The molecule has 0 radical (unpaired) electrons. The predicted molar refractivity (Wildman–Crippen MR) is 136 cm³/mol. The zero-order chi connectivity index (χ0) is 24.5. The molecule has 3 nitrogen and oxygen atoms in total. The van der Waals surface area contributed by atoms with Crippen LogP contribution >= 0.6 is 0 Å². The first-order valence-corrected chi connectivity index (χ1v) is 14.1. The highest BCUT2D eigenvalue weighted by atomic mass is 16.3. The fourth-order valence-electron chi connectivity index (χ4n) is 12.0. The van der Waals surface area contributed by atoms with Gasteiger partial charge < -0.3 is 15.3 Å². The van der Waals surface area contributed by atoms with Crippen molar-refractivity contribution in [3.8, 4) is 17.2 Å². The van der Waals surface area contributed by atoms with Crippen molar-refractivity contribution in [2.24, 2.45) is 45.3 Å². The maximum atomic E-state index is 10.9. The van der Waals surface area contributed by atoms with Gasteiger partial charge in [0.15, 0.2) is 11.5 Å². The minimum absolute atomic E-state index is 0.0113. The van der Waals surface area contributed by atoms with E-state index in [2.05, 4.69) is 41.5 Å². The Morgan fingerprint density at radius 2 is 1.21 bits per heavy atom. The van der Waals surface area contributed by atoms with Crippen molar-refractivity contribution in [3.63, 3.8) is 0 Å². The van der Waals surface area contributed by atoms with Gasteiger partial charge in [0.2, 0.25) is 0 Å². The lowest BCUT2D eigenvalue weighted by atomic mass is 9.34. The number of rotatable bonds is 0. The van der Waals surface area contributed by atoms with Crippen molar-refractivity contribution in [2.45, 2.75) is 111 Å². The lowest BCUT2D eigenvalue weighted by molar-refractivity contribution is -0.216. The molecule has 34 heavy (non-hydrogen) atoms. The molecule has 3 heteroatoms. The Morgan fingerprint density at radius 3 is 1.88 bits per heavy atom. The summed E-state index contributed by atoms with van der Waals surface area (Å²) in [5.41, 5.74) is 3.03. The van der Waals surface area contributed by atoms with E-state index in [0.717, 1.165) is 35.8 Å². The summed E-state index contributed by atoms with van der Waals surface area (Å²) in [5, 5.41) is 32.0. The largest absolute Gasteiger partial charge is 0.508 e. The second-order valence-corrected chi connectivity index (χ2v) is 14.9. The van der Waals surface area contributed by atoms with Gasteiger partial charge in [0.05, 0.1) is 0 Å². The van der Waals surface area contributed by atoms with Gasteiger partial charge in [0, 0.05) is 22.6 Å². The predicted octanol–water partition coefficient (Wildman–Crippen LogP) is 7.69. The minimum Gasteiger partial charge on any atom is -0.508 e. The van der Waals surface area contributed by atoms with E-state index in [-0.39, 0.29) is 28.1 Å². The van der Waals surface area contributed by atoms with Gasteiger partial charge in [-0.1, -0.05) is 48.0 Å². The second-order valence-electron chi connectivity index (χ2n) is 14.9. The first-order chi connectivity index (χ1) is 15.8. The minimum atomic E-state index is -0.183. The van der Waals surface area contributed by atoms with Crippen LogP contribution in [0.5, 0.6) is 17.2 Å². The monoisotopic (exact) mass is 466 g/mol. The van der Waals surface area contributed by atoms with Gasteiger partial charge in [-0.2, -0.15) is 0 Å². The third-order valence-corrected chi connectivity index (χ3v) is 13.3. The molecule has 3 N–H and O–H groups in total. The van der Waals surface area contributed by atoms with Crippen LogP contribution in [0.4, 0.5) is 0 Å². The molecule has 0 aliphatic heterocycles. The molecule has 4 fully saturated rings. The lowest BCUT2D eigenvalue weighted by Gasteiger charge is -2.71. The molecule has 0 bridgehead atoms. The van der Waals surface area contributed by atoms with Crippen molar-refractivity contribution < 1.29 is 15.3 Å². The van der Waals surface area contributed by atoms with E-state index in [1.807, 2.05) is 0 Å². The van der Waals surface area contributed by atoms with E-state index < -0.39 is 0 Å². The normalized spacial score (nSPS) is 48.8. The Morgan fingerprint density at radius 1 is 0.647 bits per heavy atom. The molecule has 5 aliphatic carbocycles. The Kier molecular flexibility index (Phi) is 4.53. The zero-order valence-electron chi connectivity index (χ0n) is 22.3. The van der Waals surface area contributed by atoms with Crippen LogP contribution in [-0.2, 0) is 11.8 Å². The summed E-state index contributed by atoms with van der Waals surface area (Å²) in [5.74, 6) is 2.74. The molecule has 0 heterocycles. The molecule has 4 saturated carbocycles. The van der Waals surface area contributed by atoms with Gasteiger partial charge in [-0.05, 0) is 103 Å². The third kappa shape index (κ3) is 2.55. The number of phenols is 3. The molecule has 0 spiro atoms. The Labute approximate surface area is 206 Å². The number of hydrogen-bond acceptors (Lipinski definition) is 3. The quantitative estimate of drug-likeness (QED) is 0.271. The summed E-state index contributed by atoms with van der Waals surface area (Å²) < 4.78 is 0. The lowest BCUT2D eigenvalue weighted by Crippen LogP contribution is -2.64. The van der Waals surface area contributed by atoms with Crippen LogP contribution in [0.15, 0.2) is 6.07 Å². The first kappa shape index (κ1) is 23.0. The highest BCUT2D eigenvalue weighted by Gasteiger charge is 2.68. The maximum Gasteiger partial charge on any atom is 0.161 e. The smallest absolute Gasteiger partial charge is 0.161 e. The molecule has 6 rings (SSSR count). The molecule has 0 saturated heterocycles. The Balaban J connectivity index is 1.41. The van der Waals surface area contributed by atoms with Crippen LogP contribution < -0.4 is 0 Å². The third-order valence-electron chi connectivity index (χ3n) is 13.3. The van der Waals surface area contributed by atoms with Crippen LogP contribution in [0, 0.1) is 45.3 Å². The van der Waals surface area contributed by atoms with Crippen molar-refractivity contribution in [1.29, 1.82) is 0 Å². The second kappa shape index (κ2) is 6.68. The van der Waals surface area contributed by atoms with Gasteiger partial charge >= 0.3 is 0 Å². The van der Waals surface area contributed by atoms with E-state index >= 15 is 0 Å². The van der Waals surface area contributed by atoms with E-state index in [1.54, 1.807) is 0 Å². The SMILES string of the molecule is CC12CC[C@H]3[C@]4(C)CC[C@H]5C(C)(C)CCC[C@]5(C)[C@H]4CC[C@]3(C)C1Cc1c(O)cc(O)c(O)c12. The summed E-state index contributed by atoms with van der Waals surface area (Å²) in [7, 11) is 0. The fraction of sp³-hybridized carbons (Fsp3) is 0.806. The van der Waals surface area contributed by atoms with Crippen molar-refractivity contribution in [2.75, 3.05) is 0 Å². The van der Waals surface area contributed by atoms with Gasteiger partial charge in [0.1, 0.15) is 5.75 Å². The van der Waals surface area contributed by atoms with E-state index in [0.29, 0.717) is 28.1 Å². The number of phenolic OH excluding ortho intramolecular Hbond substituents is 3. The molecule has 8 atom stereocenters. The van der Waals surface area contributed by atoms with Crippen LogP contribution in [0.1, 0.15) is 110 Å². The van der Waals surface area contributed by atoms with Crippen LogP contribution in [0.2, 0.25) is 0 Å². The molecule has 0 amide bonds. The highest BCUT2D eigenvalue weighted by molar-refractivity contribution is 5.61.